The Morgan fingerprint density at radius 2 is 1.64 bits per heavy atom. The zero-order valence-electron chi connectivity index (χ0n) is 13.8. The smallest absolute Gasteiger partial charge is 0.253 e. The number of nitrogens with one attached hydrogen (secondary N) is 2. The normalized spacial score (nSPS) is 14.0. The van der Waals surface area contributed by atoms with Gasteiger partial charge in [-0.15, -0.1) is 0 Å². The van der Waals surface area contributed by atoms with Gasteiger partial charge in [0.25, 0.3) is 5.91 Å². The first-order chi connectivity index (χ1) is 12.1. The van der Waals surface area contributed by atoms with Crippen LogP contribution < -0.4 is 10.6 Å². The second-order valence-corrected chi connectivity index (χ2v) is 6.43. The van der Waals surface area contributed by atoms with E-state index in [1.165, 1.54) is 18.6 Å². The minimum absolute atomic E-state index is 0.0757. The Kier molecular flexibility index (Phi) is 5.60. The van der Waals surface area contributed by atoms with Crippen molar-refractivity contribution in [3.8, 4) is 0 Å². The summed E-state index contributed by atoms with van der Waals surface area (Å²) >= 11 is 5.23. The van der Waals surface area contributed by atoms with Gasteiger partial charge in [0.1, 0.15) is 5.82 Å². The summed E-state index contributed by atoms with van der Waals surface area (Å²) in [6, 6.07) is 13.3. The molecule has 1 amide bonds. The lowest BCUT2D eigenvalue weighted by Crippen LogP contribution is -2.35. The molecule has 3 rings (SSSR count). The predicted molar refractivity (Wildman–Crippen MR) is 102 cm³/mol. The number of carbonyl (C=O) groups is 1. The maximum Gasteiger partial charge on any atom is 0.253 e. The summed E-state index contributed by atoms with van der Waals surface area (Å²) in [7, 11) is 0. The van der Waals surface area contributed by atoms with Crippen LogP contribution in [0, 0.1) is 5.82 Å². The molecule has 0 saturated carbocycles. The van der Waals surface area contributed by atoms with Gasteiger partial charge in [-0.05, 0) is 73.9 Å². The predicted octanol–water partition coefficient (Wildman–Crippen LogP) is 4.26. The molecule has 0 radical (unpaired) electrons. The number of hydrogen-bond donors (Lipinski definition) is 2. The van der Waals surface area contributed by atoms with E-state index in [4.69, 9.17) is 12.2 Å². The fourth-order valence-electron chi connectivity index (χ4n) is 2.84. The van der Waals surface area contributed by atoms with Crippen LogP contribution in [0.15, 0.2) is 48.5 Å². The highest BCUT2D eigenvalue weighted by Gasteiger charge is 2.17. The van der Waals surface area contributed by atoms with Crippen LogP contribution in [0.3, 0.4) is 0 Å². The SMILES string of the molecule is O=C(c1ccc(NC(=S)Nc2cccc(F)c2)cc1)N1CCCCC1. The molecule has 2 N–H and O–H groups in total. The molecule has 1 aliphatic heterocycles. The van der Waals surface area contributed by atoms with Crippen LogP contribution in [0.25, 0.3) is 0 Å². The van der Waals surface area contributed by atoms with Crippen LogP contribution in [-0.4, -0.2) is 29.0 Å². The Bertz CT molecular complexity index is 758. The molecule has 25 heavy (non-hydrogen) atoms. The monoisotopic (exact) mass is 357 g/mol. The van der Waals surface area contributed by atoms with Gasteiger partial charge in [0, 0.05) is 30.0 Å². The summed E-state index contributed by atoms with van der Waals surface area (Å²) in [6.45, 7) is 1.67. The number of anilines is 2. The molecule has 0 aromatic heterocycles. The first-order valence-electron chi connectivity index (χ1n) is 8.35. The van der Waals surface area contributed by atoms with Crippen LogP contribution in [0.2, 0.25) is 0 Å². The molecule has 6 heteroatoms. The minimum Gasteiger partial charge on any atom is -0.339 e. The van der Waals surface area contributed by atoms with E-state index in [0.717, 1.165) is 31.6 Å². The molecule has 1 saturated heterocycles. The molecule has 0 unspecified atom stereocenters. The third-order valence-corrected chi connectivity index (χ3v) is 4.32. The van der Waals surface area contributed by atoms with Crippen molar-refractivity contribution in [3.05, 3.63) is 59.9 Å². The minimum atomic E-state index is -0.326. The number of benzene rings is 2. The van der Waals surface area contributed by atoms with Crippen LogP contribution in [0.4, 0.5) is 15.8 Å². The van der Waals surface area contributed by atoms with Crippen molar-refractivity contribution in [2.45, 2.75) is 19.3 Å². The second kappa shape index (κ2) is 8.07. The number of amides is 1. The Hall–Kier alpha value is -2.47. The Morgan fingerprint density at radius 1 is 0.960 bits per heavy atom. The fourth-order valence-corrected chi connectivity index (χ4v) is 3.07. The molecular formula is C19H20FN3OS. The van der Waals surface area contributed by atoms with E-state index in [1.54, 1.807) is 24.3 Å². The zero-order valence-corrected chi connectivity index (χ0v) is 14.6. The van der Waals surface area contributed by atoms with E-state index in [-0.39, 0.29) is 11.7 Å². The van der Waals surface area contributed by atoms with Crippen molar-refractivity contribution in [1.29, 1.82) is 0 Å². The molecule has 130 valence electrons. The largest absolute Gasteiger partial charge is 0.339 e. The third-order valence-electron chi connectivity index (χ3n) is 4.12. The second-order valence-electron chi connectivity index (χ2n) is 6.02. The third kappa shape index (κ3) is 4.76. The van der Waals surface area contributed by atoms with Gasteiger partial charge in [0.05, 0.1) is 0 Å². The average Bonchev–Trinajstić information content (AvgIpc) is 2.62. The van der Waals surface area contributed by atoms with E-state index in [9.17, 15) is 9.18 Å². The van der Waals surface area contributed by atoms with Crippen molar-refractivity contribution in [2.75, 3.05) is 23.7 Å². The van der Waals surface area contributed by atoms with Gasteiger partial charge >= 0.3 is 0 Å². The quantitative estimate of drug-likeness (QED) is 0.806. The van der Waals surface area contributed by atoms with Crippen molar-refractivity contribution < 1.29 is 9.18 Å². The molecule has 0 aliphatic carbocycles. The number of hydrogen-bond acceptors (Lipinski definition) is 2. The number of rotatable bonds is 3. The van der Waals surface area contributed by atoms with Gasteiger partial charge in [0.2, 0.25) is 0 Å². The Labute approximate surface area is 152 Å². The van der Waals surface area contributed by atoms with E-state index in [2.05, 4.69) is 10.6 Å². The highest BCUT2D eigenvalue weighted by Crippen LogP contribution is 2.16. The maximum atomic E-state index is 13.2. The Balaban J connectivity index is 1.58. The lowest BCUT2D eigenvalue weighted by molar-refractivity contribution is 0.0724. The molecule has 1 fully saturated rings. The molecule has 1 aliphatic rings. The van der Waals surface area contributed by atoms with Gasteiger partial charge in [-0.2, -0.15) is 0 Å². The summed E-state index contributed by atoms with van der Waals surface area (Å²) in [6.07, 6.45) is 3.35. The van der Waals surface area contributed by atoms with Crippen molar-refractivity contribution in [3.63, 3.8) is 0 Å². The topological polar surface area (TPSA) is 44.4 Å². The maximum absolute atomic E-state index is 13.2. The molecule has 2 aromatic rings. The van der Waals surface area contributed by atoms with Crippen molar-refractivity contribution in [2.24, 2.45) is 0 Å². The van der Waals surface area contributed by atoms with Crippen molar-refractivity contribution in [1.82, 2.24) is 4.90 Å². The number of carbonyl (C=O) groups excluding carboxylic acids is 1. The van der Waals surface area contributed by atoms with Crippen molar-refractivity contribution >= 4 is 34.6 Å². The molecule has 1 heterocycles. The molecule has 0 bridgehead atoms. The number of nitrogens with zero attached hydrogens (tertiary/aromatic N) is 1. The van der Waals surface area contributed by atoms with E-state index in [1.807, 2.05) is 17.0 Å². The average molecular weight is 357 g/mol. The highest BCUT2D eigenvalue weighted by molar-refractivity contribution is 7.80. The fraction of sp³-hybridized carbons (Fsp3) is 0.263. The number of halogens is 1. The summed E-state index contributed by atoms with van der Waals surface area (Å²) in [5.41, 5.74) is 2.02. The number of likely N-dealkylation sites (tertiary alicyclic amines) is 1. The first kappa shape index (κ1) is 17.4. The lowest BCUT2D eigenvalue weighted by atomic mass is 10.1. The number of thiocarbonyl (C=S) groups is 1. The summed E-state index contributed by atoms with van der Waals surface area (Å²) in [4.78, 5) is 14.3. The van der Waals surface area contributed by atoms with E-state index >= 15 is 0 Å². The van der Waals surface area contributed by atoms with Crippen LogP contribution in [0.5, 0.6) is 0 Å². The molecule has 4 nitrogen and oxygen atoms in total. The number of piperidine rings is 1. The summed E-state index contributed by atoms with van der Waals surface area (Å²) in [5, 5.41) is 6.32. The van der Waals surface area contributed by atoms with Gasteiger partial charge in [-0.1, -0.05) is 6.07 Å². The van der Waals surface area contributed by atoms with E-state index < -0.39 is 0 Å². The summed E-state index contributed by atoms with van der Waals surface area (Å²) < 4.78 is 13.2. The zero-order chi connectivity index (χ0) is 17.6. The first-order valence-corrected chi connectivity index (χ1v) is 8.75. The van der Waals surface area contributed by atoms with Crippen LogP contribution in [-0.2, 0) is 0 Å². The van der Waals surface area contributed by atoms with Crippen LogP contribution >= 0.6 is 12.2 Å². The lowest BCUT2D eigenvalue weighted by Gasteiger charge is -2.26. The molecule has 2 aromatic carbocycles. The standard InChI is InChI=1S/C19H20FN3OS/c20-15-5-4-6-17(13-15)22-19(25)21-16-9-7-14(8-10-16)18(24)23-11-2-1-3-12-23/h4-10,13H,1-3,11-12H2,(H2,21,22,25). The van der Waals surface area contributed by atoms with Crippen LogP contribution in [0.1, 0.15) is 29.6 Å². The highest BCUT2D eigenvalue weighted by atomic mass is 32.1. The van der Waals surface area contributed by atoms with Gasteiger partial charge in [-0.3, -0.25) is 4.79 Å². The van der Waals surface area contributed by atoms with Gasteiger partial charge in [0.15, 0.2) is 5.11 Å². The Morgan fingerprint density at radius 3 is 2.32 bits per heavy atom. The van der Waals surface area contributed by atoms with Gasteiger partial charge < -0.3 is 15.5 Å². The molecule has 0 atom stereocenters. The van der Waals surface area contributed by atoms with E-state index in [0.29, 0.717) is 16.4 Å². The van der Waals surface area contributed by atoms with Gasteiger partial charge in [-0.25, -0.2) is 4.39 Å². The summed E-state index contributed by atoms with van der Waals surface area (Å²) in [5.74, 6) is -0.250. The molecular weight excluding hydrogens is 337 g/mol. The molecule has 0 spiro atoms.